The maximum atomic E-state index is 5.21. The molecule has 3 aromatic rings. The minimum Gasteiger partial charge on any atom is -0.303 e. The maximum Gasteiger partial charge on any atom is 0.195 e. The molecule has 1 N–H and O–H groups in total. The van der Waals surface area contributed by atoms with Crippen molar-refractivity contribution in [1.82, 2.24) is 19.7 Å². The van der Waals surface area contributed by atoms with E-state index < -0.39 is 0 Å². The van der Waals surface area contributed by atoms with Gasteiger partial charge in [0.2, 0.25) is 0 Å². The Morgan fingerprint density at radius 2 is 2.15 bits per heavy atom. The van der Waals surface area contributed by atoms with Gasteiger partial charge in [-0.2, -0.15) is 5.10 Å². The molecule has 4 nitrogen and oxygen atoms in total. The molecule has 102 valence electrons. The lowest BCUT2D eigenvalue weighted by Crippen LogP contribution is -1.97. The Labute approximate surface area is 122 Å². The number of hydrogen-bond donors (Lipinski definition) is 1. The smallest absolute Gasteiger partial charge is 0.195 e. The number of H-pyrrole nitrogens is 1. The van der Waals surface area contributed by atoms with Gasteiger partial charge in [-0.1, -0.05) is 25.1 Å². The molecule has 1 aromatic carbocycles. The number of rotatable bonds is 2. The van der Waals surface area contributed by atoms with Gasteiger partial charge < -0.3 is 4.57 Å². The molecule has 0 aliphatic rings. The van der Waals surface area contributed by atoms with Crippen LogP contribution in [0.1, 0.15) is 18.2 Å². The molecule has 0 spiro atoms. The minimum absolute atomic E-state index is 0.620. The Morgan fingerprint density at radius 3 is 2.80 bits per heavy atom. The highest BCUT2D eigenvalue weighted by atomic mass is 32.1. The van der Waals surface area contributed by atoms with E-state index in [0.29, 0.717) is 4.77 Å². The second-order valence-electron chi connectivity index (χ2n) is 4.89. The highest BCUT2D eigenvalue weighted by Crippen LogP contribution is 2.29. The first-order valence-electron chi connectivity index (χ1n) is 6.63. The van der Waals surface area contributed by atoms with Crippen LogP contribution < -0.4 is 0 Å². The Kier molecular flexibility index (Phi) is 3.14. The van der Waals surface area contributed by atoms with Crippen LogP contribution >= 0.6 is 12.2 Å². The fourth-order valence-electron chi connectivity index (χ4n) is 2.49. The third kappa shape index (κ3) is 1.94. The van der Waals surface area contributed by atoms with Crippen LogP contribution in [-0.2, 0) is 13.5 Å². The third-order valence-corrected chi connectivity index (χ3v) is 3.92. The summed E-state index contributed by atoms with van der Waals surface area (Å²) in [5, 5.41) is 8.31. The second-order valence-corrected chi connectivity index (χ2v) is 5.28. The number of nitrogens with one attached hydrogen (secondary N) is 1. The summed E-state index contributed by atoms with van der Waals surface area (Å²) in [4.78, 5) is 4.70. The number of para-hydroxylation sites is 1. The molecule has 5 heteroatoms. The first-order chi connectivity index (χ1) is 9.61. The lowest BCUT2D eigenvalue weighted by Gasteiger charge is -2.10. The predicted octanol–water partition coefficient (Wildman–Crippen LogP) is 3.56. The SMILES string of the molecule is CCc1cccc2c(-c3n[nH]c(=S)n3C)cc(C)nc12. The summed E-state index contributed by atoms with van der Waals surface area (Å²) in [6.07, 6.45) is 0.964. The Hall–Kier alpha value is -2.01. The van der Waals surface area contributed by atoms with Crippen molar-refractivity contribution in [2.24, 2.45) is 7.05 Å². The van der Waals surface area contributed by atoms with Crippen LogP contribution in [0.3, 0.4) is 0 Å². The van der Waals surface area contributed by atoms with Gasteiger partial charge in [-0.3, -0.25) is 10.1 Å². The van der Waals surface area contributed by atoms with Crippen LogP contribution in [0.5, 0.6) is 0 Å². The van der Waals surface area contributed by atoms with Gasteiger partial charge in [0.1, 0.15) is 0 Å². The average molecular weight is 284 g/mol. The molecule has 0 unspecified atom stereocenters. The van der Waals surface area contributed by atoms with Crippen LogP contribution in [0.2, 0.25) is 0 Å². The summed E-state index contributed by atoms with van der Waals surface area (Å²) in [6.45, 7) is 4.16. The molecule has 2 aromatic heterocycles. The van der Waals surface area contributed by atoms with Gasteiger partial charge in [0.25, 0.3) is 0 Å². The maximum absolute atomic E-state index is 5.21. The lowest BCUT2D eigenvalue weighted by molar-refractivity contribution is 0.902. The third-order valence-electron chi connectivity index (χ3n) is 3.55. The summed E-state index contributed by atoms with van der Waals surface area (Å²) in [5.41, 5.74) is 4.36. The molecule has 0 saturated heterocycles. The zero-order valence-electron chi connectivity index (χ0n) is 11.8. The van der Waals surface area contributed by atoms with E-state index in [1.165, 1.54) is 5.56 Å². The second kappa shape index (κ2) is 4.83. The number of pyridine rings is 1. The number of aryl methyl sites for hydroxylation is 2. The van der Waals surface area contributed by atoms with E-state index in [1.807, 2.05) is 18.5 Å². The van der Waals surface area contributed by atoms with E-state index >= 15 is 0 Å². The van der Waals surface area contributed by atoms with Gasteiger partial charge in [-0.05, 0) is 37.2 Å². The Balaban J connectivity index is 2.42. The molecule has 0 radical (unpaired) electrons. The number of fused-ring (bicyclic) bond motifs is 1. The summed E-state index contributed by atoms with van der Waals surface area (Å²) >= 11 is 5.21. The molecule has 3 rings (SSSR count). The van der Waals surface area contributed by atoms with Crippen LogP contribution in [0.15, 0.2) is 24.3 Å². The number of aromatic amines is 1. The number of hydrogen-bond acceptors (Lipinski definition) is 3. The molecule has 0 aliphatic heterocycles. The standard InChI is InChI=1S/C15H16N4S/c1-4-10-6-5-7-11-12(8-9(2)16-13(10)11)14-17-18-15(20)19(14)3/h5-8H,4H2,1-3H3,(H,18,20). The van der Waals surface area contributed by atoms with Gasteiger partial charge in [-0.15, -0.1) is 0 Å². The highest BCUT2D eigenvalue weighted by Gasteiger charge is 2.13. The Bertz CT molecular complexity index is 845. The Morgan fingerprint density at radius 1 is 1.35 bits per heavy atom. The number of aromatic nitrogens is 4. The van der Waals surface area contributed by atoms with E-state index in [4.69, 9.17) is 17.2 Å². The van der Waals surface area contributed by atoms with Crippen molar-refractivity contribution in [2.75, 3.05) is 0 Å². The van der Waals surface area contributed by atoms with Crippen molar-refractivity contribution in [1.29, 1.82) is 0 Å². The first kappa shape index (κ1) is 13.0. The van der Waals surface area contributed by atoms with E-state index in [-0.39, 0.29) is 0 Å². The molecule has 2 heterocycles. The van der Waals surface area contributed by atoms with Gasteiger partial charge in [-0.25, -0.2) is 0 Å². The monoisotopic (exact) mass is 284 g/mol. The molecule has 0 atom stereocenters. The normalized spacial score (nSPS) is 11.2. The molecule has 0 saturated carbocycles. The molecule has 0 fully saturated rings. The van der Waals surface area contributed by atoms with Crippen LogP contribution in [-0.4, -0.2) is 19.7 Å². The number of benzene rings is 1. The van der Waals surface area contributed by atoms with Crippen LogP contribution in [0.4, 0.5) is 0 Å². The largest absolute Gasteiger partial charge is 0.303 e. The molecular formula is C15H16N4S. The van der Waals surface area contributed by atoms with Gasteiger partial charge in [0.05, 0.1) is 5.52 Å². The van der Waals surface area contributed by atoms with Gasteiger partial charge in [0, 0.05) is 23.7 Å². The van der Waals surface area contributed by atoms with E-state index in [0.717, 1.165) is 34.4 Å². The quantitative estimate of drug-likeness (QED) is 0.732. The van der Waals surface area contributed by atoms with Crippen molar-refractivity contribution < 1.29 is 0 Å². The average Bonchev–Trinajstić information content (AvgIpc) is 2.77. The van der Waals surface area contributed by atoms with E-state index in [1.54, 1.807) is 0 Å². The van der Waals surface area contributed by atoms with Crippen molar-refractivity contribution in [3.63, 3.8) is 0 Å². The summed E-state index contributed by atoms with van der Waals surface area (Å²) < 4.78 is 2.51. The fourth-order valence-corrected chi connectivity index (χ4v) is 2.63. The van der Waals surface area contributed by atoms with Crippen LogP contribution in [0, 0.1) is 11.7 Å². The molecule has 0 aliphatic carbocycles. The summed E-state index contributed by atoms with van der Waals surface area (Å²) in [7, 11) is 1.92. The lowest BCUT2D eigenvalue weighted by atomic mass is 10.0. The molecule has 0 amide bonds. The van der Waals surface area contributed by atoms with Crippen molar-refractivity contribution in [3.05, 3.63) is 40.3 Å². The van der Waals surface area contributed by atoms with Crippen molar-refractivity contribution >= 4 is 23.1 Å². The van der Waals surface area contributed by atoms with Gasteiger partial charge >= 0.3 is 0 Å². The van der Waals surface area contributed by atoms with E-state index in [2.05, 4.69) is 41.4 Å². The van der Waals surface area contributed by atoms with Crippen molar-refractivity contribution in [2.45, 2.75) is 20.3 Å². The fraction of sp³-hybridized carbons (Fsp3) is 0.267. The van der Waals surface area contributed by atoms with E-state index in [9.17, 15) is 0 Å². The topological polar surface area (TPSA) is 46.5 Å². The molecule has 0 bridgehead atoms. The predicted molar refractivity (Wildman–Crippen MR) is 83.2 cm³/mol. The zero-order valence-corrected chi connectivity index (χ0v) is 12.6. The van der Waals surface area contributed by atoms with Crippen LogP contribution in [0.25, 0.3) is 22.3 Å². The number of nitrogens with zero attached hydrogens (tertiary/aromatic N) is 3. The first-order valence-corrected chi connectivity index (χ1v) is 7.03. The summed E-state index contributed by atoms with van der Waals surface area (Å²) in [5.74, 6) is 0.846. The van der Waals surface area contributed by atoms with Gasteiger partial charge in [0.15, 0.2) is 10.6 Å². The molecular weight excluding hydrogens is 268 g/mol. The zero-order chi connectivity index (χ0) is 14.3. The minimum atomic E-state index is 0.620. The highest BCUT2D eigenvalue weighted by molar-refractivity contribution is 7.71. The molecule has 20 heavy (non-hydrogen) atoms. The summed E-state index contributed by atoms with van der Waals surface area (Å²) in [6, 6.07) is 8.35. The van der Waals surface area contributed by atoms with Crippen molar-refractivity contribution in [3.8, 4) is 11.4 Å².